The van der Waals surface area contributed by atoms with Crippen LogP contribution in [-0.2, 0) is 20.3 Å². The quantitative estimate of drug-likeness (QED) is 0.663. The van der Waals surface area contributed by atoms with Crippen molar-refractivity contribution in [3.8, 4) is 5.75 Å². The Balaban J connectivity index is 2.23. The summed E-state index contributed by atoms with van der Waals surface area (Å²) in [4.78, 5) is 10.4. The molecule has 0 aliphatic heterocycles. The predicted molar refractivity (Wildman–Crippen MR) is 71.3 cm³/mol. The van der Waals surface area contributed by atoms with Crippen molar-refractivity contribution in [2.24, 2.45) is 7.05 Å². The number of aromatic nitrogens is 2. The van der Waals surface area contributed by atoms with Crippen LogP contribution in [0.1, 0.15) is 17.0 Å². The molecule has 1 N–H and O–H groups in total. The SMILES string of the molecule is Cc1cc(COc2cc(CO)ccc2[N+](=O)[O-])n(C)n1. The van der Waals surface area contributed by atoms with Gasteiger partial charge >= 0.3 is 5.69 Å². The molecule has 7 nitrogen and oxygen atoms in total. The second kappa shape index (κ2) is 5.70. The van der Waals surface area contributed by atoms with Gasteiger partial charge in [-0.3, -0.25) is 14.8 Å². The molecule has 0 saturated carbocycles. The number of aryl methyl sites for hydroxylation is 2. The second-order valence-corrected chi connectivity index (χ2v) is 4.41. The van der Waals surface area contributed by atoms with E-state index in [1.54, 1.807) is 11.7 Å². The molecule has 0 saturated heterocycles. The largest absolute Gasteiger partial charge is 0.480 e. The van der Waals surface area contributed by atoms with E-state index in [9.17, 15) is 10.1 Å². The van der Waals surface area contributed by atoms with E-state index in [-0.39, 0.29) is 24.7 Å². The topological polar surface area (TPSA) is 90.4 Å². The fraction of sp³-hybridized carbons (Fsp3) is 0.308. The number of rotatable bonds is 5. The van der Waals surface area contributed by atoms with Crippen LogP contribution in [-0.4, -0.2) is 19.8 Å². The van der Waals surface area contributed by atoms with E-state index in [1.165, 1.54) is 18.2 Å². The van der Waals surface area contributed by atoms with E-state index < -0.39 is 4.92 Å². The van der Waals surface area contributed by atoms with Crippen LogP contribution in [0.2, 0.25) is 0 Å². The summed E-state index contributed by atoms with van der Waals surface area (Å²) in [5.41, 5.74) is 2.10. The molecule has 0 spiro atoms. The van der Waals surface area contributed by atoms with Gasteiger partial charge in [0.1, 0.15) is 6.61 Å². The molecule has 1 heterocycles. The summed E-state index contributed by atoms with van der Waals surface area (Å²) in [5.74, 6) is 0.139. The Morgan fingerprint density at radius 1 is 1.45 bits per heavy atom. The molecule has 0 bridgehead atoms. The number of nitro groups is 1. The highest BCUT2D eigenvalue weighted by atomic mass is 16.6. The highest BCUT2D eigenvalue weighted by Crippen LogP contribution is 2.28. The van der Waals surface area contributed by atoms with Crippen molar-refractivity contribution in [2.75, 3.05) is 0 Å². The van der Waals surface area contributed by atoms with Gasteiger partial charge in [0.25, 0.3) is 0 Å². The summed E-state index contributed by atoms with van der Waals surface area (Å²) < 4.78 is 7.17. The van der Waals surface area contributed by atoms with Crippen LogP contribution in [0.5, 0.6) is 5.75 Å². The second-order valence-electron chi connectivity index (χ2n) is 4.41. The first-order valence-electron chi connectivity index (χ1n) is 6.01. The normalized spacial score (nSPS) is 10.6. The van der Waals surface area contributed by atoms with Gasteiger partial charge in [-0.1, -0.05) is 0 Å². The molecule has 0 amide bonds. The molecule has 0 fully saturated rings. The van der Waals surface area contributed by atoms with Gasteiger partial charge in [0.2, 0.25) is 0 Å². The first kappa shape index (κ1) is 14.0. The highest BCUT2D eigenvalue weighted by molar-refractivity contribution is 5.48. The molecule has 0 aliphatic rings. The van der Waals surface area contributed by atoms with Gasteiger partial charge in [-0.25, -0.2) is 0 Å². The van der Waals surface area contributed by atoms with Crippen LogP contribution in [0, 0.1) is 17.0 Å². The molecule has 2 aromatic rings. The van der Waals surface area contributed by atoms with E-state index in [0.717, 1.165) is 11.4 Å². The molecule has 0 unspecified atom stereocenters. The average Bonchev–Trinajstić information content (AvgIpc) is 2.74. The Hall–Kier alpha value is -2.41. The minimum Gasteiger partial charge on any atom is -0.480 e. The van der Waals surface area contributed by atoms with Crippen molar-refractivity contribution in [1.29, 1.82) is 0 Å². The third-order valence-corrected chi connectivity index (χ3v) is 2.88. The van der Waals surface area contributed by atoms with Crippen LogP contribution >= 0.6 is 0 Å². The molecule has 2 rings (SSSR count). The van der Waals surface area contributed by atoms with Crippen molar-refractivity contribution < 1.29 is 14.8 Å². The first-order valence-corrected chi connectivity index (χ1v) is 6.01. The number of nitrogens with zero attached hydrogens (tertiary/aromatic N) is 3. The Bertz CT molecular complexity index is 637. The first-order chi connectivity index (χ1) is 9.51. The maximum Gasteiger partial charge on any atom is 0.310 e. The van der Waals surface area contributed by atoms with E-state index in [0.29, 0.717) is 5.56 Å². The molecule has 0 aliphatic carbocycles. The lowest BCUT2D eigenvalue weighted by Crippen LogP contribution is -2.04. The highest BCUT2D eigenvalue weighted by Gasteiger charge is 2.16. The summed E-state index contributed by atoms with van der Waals surface area (Å²) >= 11 is 0. The lowest BCUT2D eigenvalue weighted by molar-refractivity contribution is -0.386. The van der Waals surface area contributed by atoms with Gasteiger partial charge in [0.15, 0.2) is 5.75 Å². The smallest absolute Gasteiger partial charge is 0.310 e. The number of aliphatic hydroxyl groups excluding tert-OH is 1. The van der Waals surface area contributed by atoms with Crippen LogP contribution in [0.25, 0.3) is 0 Å². The Kier molecular flexibility index (Phi) is 3.99. The zero-order chi connectivity index (χ0) is 14.7. The van der Waals surface area contributed by atoms with Gasteiger partial charge in [0, 0.05) is 13.1 Å². The third-order valence-electron chi connectivity index (χ3n) is 2.88. The summed E-state index contributed by atoms with van der Waals surface area (Å²) in [6.45, 7) is 1.84. The number of benzene rings is 1. The Morgan fingerprint density at radius 2 is 2.20 bits per heavy atom. The zero-order valence-corrected chi connectivity index (χ0v) is 11.2. The summed E-state index contributed by atoms with van der Waals surface area (Å²) in [5, 5.41) is 24.2. The molecule has 20 heavy (non-hydrogen) atoms. The number of aliphatic hydroxyl groups is 1. The van der Waals surface area contributed by atoms with E-state index >= 15 is 0 Å². The molecule has 1 aromatic carbocycles. The number of hydrogen-bond acceptors (Lipinski definition) is 5. The lowest BCUT2D eigenvalue weighted by atomic mass is 10.2. The van der Waals surface area contributed by atoms with Gasteiger partial charge in [-0.15, -0.1) is 0 Å². The van der Waals surface area contributed by atoms with Crippen molar-refractivity contribution in [1.82, 2.24) is 9.78 Å². The van der Waals surface area contributed by atoms with Gasteiger partial charge < -0.3 is 9.84 Å². The summed E-state index contributed by atoms with van der Waals surface area (Å²) in [7, 11) is 1.78. The lowest BCUT2D eigenvalue weighted by Gasteiger charge is -2.08. The van der Waals surface area contributed by atoms with Crippen molar-refractivity contribution >= 4 is 5.69 Å². The monoisotopic (exact) mass is 277 g/mol. The molecule has 1 aromatic heterocycles. The minimum absolute atomic E-state index is 0.124. The fourth-order valence-corrected chi connectivity index (χ4v) is 1.87. The van der Waals surface area contributed by atoms with E-state index in [1.807, 2.05) is 13.0 Å². The average molecular weight is 277 g/mol. The standard InChI is InChI=1S/C13H15N3O4/c1-9-5-11(15(2)14-9)8-20-13-6-10(7-17)3-4-12(13)16(18)19/h3-6,17H,7-8H2,1-2H3. The van der Waals surface area contributed by atoms with Crippen molar-refractivity contribution in [3.05, 3.63) is 51.3 Å². The fourth-order valence-electron chi connectivity index (χ4n) is 1.87. The minimum atomic E-state index is -0.509. The molecule has 106 valence electrons. The number of ether oxygens (including phenoxy) is 1. The number of hydrogen-bond donors (Lipinski definition) is 1. The van der Waals surface area contributed by atoms with Crippen LogP contribution < -0.4 is 4.74 Å². The summed E-state index contributed by atoms with van der Waals surface area (Å²) in [6, 6.07) is 6.15. The molecule has 0 radical (unpaired) electrons. The van der Waals surface area contributed by atoms with Crippen molar-refractivity contribution in [3.63, 3.8) is 0 Å². The molecule has 0 atom stereocenters. The molecule has 7 heteroatoms. The van der Waals surface area contributed by atoms with Crippen molar-refractivity contribution in [2.45, 2.75) is 20.1 Å². The number of nitro benzene ring substituents is 1. The van der Waals surface area contributed by atoms with Crippen LogP contribution in [0.4, 0.5) is 5.69 Å². The molecular weight excluding hydrogens is 262 g/mol. The maximum absolute atomic E-state index is 10.9. The Morgan fingerprint density at radius 3 is 2.75 bits per heavy atom. The van der Waals surface area contributed by atoms with Gasteiger partial charge in [-0.2, -0.15) is 5.10 Å². The third kappa shape index (κ3) is 2.94. The maximum atomic E-state index is 10.9. The Labute approximate surface area is 115 Å². The van der Waals surface area contributed by atoms with Gasteiger partial charge in [0.05, 0.1) is 22.9 Å². The van der Waals surface area contributed by atoms with Crippen LogP contribution in [0.15, 0.2) is 24.3 Å². The zero-order valence-electron chi connectivity index (χ0n) is 11.2. The predicted octanol–water partition coefficient (Wildman–Crippen LogP) is 1.71. The van der Waals surface area contributed by atoms with E-state index in [4.69, 9.17) is 9.84 Å². The van der Waals surface area contributed by atoms with Crippen LogP contribution in [0.3, 0.4) is 0 Å². The summed E-state index contributed by atoms with van der Waals surface area (Å²) in [6.07, 6.45) is 0. The van der Waals surface area contributed by atoms with E-state index in [2.05, 4.69) is 5.10 Å². The molecular formula is C13H15N3O4. The van der Waals surface area contributed by atoms with Gasteiger partial charge in [-0.05, 0) is 30.7 Å².